The van der Waals surface area contributed by atoms with Gasteiger partial charge in [-0.15, -0.1) is 11.3 Å². The number of esters is 1. The molecule has 0 amide bonds. The van der Waals surface area contributed by atoms with E-state index in [0.717, 1.165) is 52.5 Å². The maximum absolute atomic E-state index is 12.4. The van der Waals surface area contributed by atoms with Crippen molar-refractivity contribution >= 4 is 39.0 Å². The lowest BCUT2D eigenvalue weighted by atomic mass is 9.99. The van der Waals surface area contributed by atoms with Crippen LogP contribution in [0.1, 0.15) is 49.5 Å². The molecular weight excluding hydrogens is 456 g/mol. The zero-order valence-electron chi connectivity index (χ0n) is 20.7. The Morgan fingerprint density at radius 3 is 2.40 bits per heavy atom. The third kappa shape index (κ3) is 5.86. The molecule has 4 aromatic rings. The average molecular weight is 489 g/mol. The van der Waals surface area contributed by atoms with Crippen LogP contribution in [0, 0.1) is 0 Å². The third-order valence-corrected chi connectivity index (χ3v) is 7.06. The standard InChI is InChI=1S/C28H32N4O2S/c1-5-32(6-2)15-16-34-28(33)22-11-13-23(14-12-22)31-26-25-24(17-35-27(25)30-18-29-26)21-9-7-20(8-10-21)19(3)4/h7-14,17-19H,5-6,15-16H2,1-4H3,(H,29,30,31). The summed E-state index contributed by atoms with van der Waals surface area (Å²) in [5, 5.41) is 6.54. The fraction of sp³-hybridized carbons (Fsp3) is 0.321. The molecule has 0 aliphatic carbocycles. The molecule has 6 nitrogen and oxygen atoms in total. The van der Waals surface area contributed by atoms with E-state index >= 15 is 0 Å². The molecule has 4 rings (SSSR count). The van der Waals surface area contributed by atoms with Crippen LogP contribution in [0.4, 0.5) is 11.5 Å². The smallest absolute Gasteiger partial charge is 0.338 e. The minimum absolute atomic E-state index is 0.307. The van der Waals surface area contributed by atoms with Gasteiger partial charge in [-0.05, 0) is 54.4 Å². The Balaban J connectivity index is 1.50. The molecule has 2 aromatic heterocycles. The van der Waals surface area contributed by atoms with Crippen LogP contribution in [-0.2, 0) is 4.74 Å². The van der Waals surface area contributed by atoms with Crippen LogP contribution in [0.15, 0.2) is 60.2 Å². The highest BCUT2D eigenvalue weighted by atomic mass is 32.1. The Morgan fingerprint density at radius 1 is 1.03 bits per heavy atom. The van der Waals surface area contributed by atoms with Crippen LogP contribution < -0.4 is 5.32 Å². The van der Waals surface area contributed by atoms with Crippen molar-refractivity contribution in [3.05, 3.63) is 71.4 Å². The molecule has 0 radical (unpaired) electrons. The second-order valence-corrected chi connectivity index (χ2v) is 9.55. The van der Waals surface area contributed by atoms with E-state index in [-0.39, 0.29) is 5.97 Å². The largest absolute Gasteiger partial charge is 0.461 e. The van der Waals surface area contributed by atoms with Crippen LogP contribution >= 0.6 is 11.3 Å². The van der Waals surface area contributed by atoms with E-state index in [9.17, 15) is 4.79 Å². The number of rotatable bonds is 10. The number of carbonyl (C=O) groups excluding carboxylic acids is 1. The number of hydrogen-bond acceptors (Lipinski definition) is 7. The Morgan fingerprint density at radius 2 is 1.74 bits per heavy atom. The van der Waals surface area contributed by atoms with Crippen LogP contribution in [0.2, 0.25) is 0 Å². The molecule has 0 unspecified atom stereocenters. The van der Waals surface area contributed by atoms with Gasteiger partial charge in [0.1, 0.15) is 23.6 Å². The second kappa shape index (κ2) is 11.4. The van der Waals surface area contributed by atoms with E-state index in [2.05, 4.69) is 77.5 Å². The summed E-state index contributed by atoms with van der Waals surface area (Å²) in [7, 11) is 0. The zero-order valence-corrected chi connectivity index (χ0v) is 21.6. The van der Waals surface area contributed by atoms with Gasteiger partial charge in [-0.2, -0.15) is 0 Å². The first-order chi connectivity index (χ1) is 17.0. The molecule has 0 aliphatic heterocycles. The predicted molar refractivity (Wildman–Crippen MR) is 145 cm³/mol. The summed E-state index contributed by atoms with van der Waals surface area (Å²) in [4.78, 5) is 24.5. The van der Waals surface area contributed by atoms with Crippen molar-refractivity contribution < 1.29 is 9.53 Å². The number of nitrogens with zero attached hydrogens (tertiary/aromatic N) is 3. The van der Waals surface area contributed by atoms with E-state index in [1.807, 2.05) is 12.1 Å². The fourth-order valence-corrected chi connectivity index (χ4v) is 4.86. The molecule has 2 aromatic carbocycles. The SMILES string of the molecule is CCN(CC)CCOC(=O)c1ccc(Nc2ncnc3scc(-c4ccc(C(C)C)cc4)c23)cc1. The Bertz CT molecular complexity index is 1260. The fourth-order valence-electron chi connectivity index (χ4n) is 3.95. The summed E-state index contributed by atoms with van der Waals surface area (Å²) >= 11 is 1.61. The van der Waals surface area contributed by atoms with Gasteiger partial charge in [0.25, 0.3) is 0 Å². The Hall–Kier alpha value is -3.29. The number of hydrogen-bond donors (Lipinski definition) is 1. The molecule has 0 spiro atoms. The van der Waals surface area contributed by atoms with Crippen LogP contribution in [0.5, 0.6) is 0 Å². The predicted octanol–water partition coefficient (Wildman–Crippen LogP) is 6.72. The molecule has 0 atom stereocenters. The topological polar surface area (TPSA) is 67.3 Å². The van der Waals surface area contributed by atoms with Crippen LogP contribution in [0.3, 0.4) is 0 Å². The van der Waals surface area contributed by atoms with Gasteiger partial charge in [-0.1, -0.05) is 52.0 Å². The van der Waals surface area contributed by atoms with Gasteiger partial charge in [0.2, 0.25) is 0 Å². The monoisotopic (exact) mass is 488 g/mol. The number of anilines is 2. The number of ether oxygens (including phenoxy) is 1. The molecule has 0 bridgehead atoms. The molecule has 0 aliphatic rings. The number of likely N-dealkylation sites (N-methyl/N-ethyl adjacent to an activating group) is 1. The Labute approximate surface area is 211 Å². The number of carbonyl (C=O) groups is 1. The van der Waals surface area contributed by atoms with Crippen molar-refractivity contribution in [2.75, 3.05) is 31.6 Å². The molecule has 7 heteroatoms. The van der Waals surface area contributed by atoms with E-state index < -0.39 is 0 Å². The minimum atomic E-state index is -0.307. The molecule has 35 heavy (non-hydrogen) atoms. The lowest BCUT2D eigenvalue weighted by molar-refractivity contribution is 0.0466. The van der Waals surface area contributed by atoms with Gasteiger partial charge in [-0.25, -0.2) is 14.8 Å². The van der Waals surface area contributed by atoms with Gasteiger partial charge < -0.3 is 15.0 Å². The highest BCUT2D eigenvalue weighted by Crippen LogP contribution is 2.37. The number of benzene rings is 2. The van der Waals surface area contributed by atoms with E-state index in [1.165, 1.54) is 5.56 Å². The number of fused-ring (bicyclic) bond motifs is 1. The van der Waals surface area contributed by atoms with Crippen molar-refractivity contribution in [2.45, 2.75) is 33.6 Å². The lowest BCUT2D eigenvalue weighted by Gasteiger charge is -2.17. The lowest BCUT2D eigenvalue weighted by Crippen LogP contribution is -2.27. The minimum Gasteiger partial charge on any atom is -0.461 e. The van der Waals surface area contributed by atoms with Gasteiger partial charge in [0, 0.05) is 23.2 Å². The molecule has 2 heterocycles. The first-order valence-corrected chi connectivity index (χ1v) is 13.0. The van der Waals surface area contributed by atoms with Gasteiger partial charge in [0.15, 0.2) is 0 Å². The van der Waals surface area contributed by atoms with E-state index in [1.54, 1.807) is 29.8 Å². The molecule has 182 valence electrons. The molecule has 0 saturated heterocycles. The van der Waals surface area contributed by atoms with Crippen LogP contribution in [0.25, 0.3) is 21.3 Å². The summed E-state index contributed by atoms with van der Waals surface area (Å²) in [5.41, 5.74) is 4.94. The normalized spacial score (nSPS) is 11.4. The molecule has 0 fully saturated rings. The first kappa shape index (κ1) is 24.8. The van der Waals surface area contributed by atoms with E-state index in [4.69, 9.17) is 4.74 Å². The summed E-state index contributed by atoms with van der Waals surface area (Å²) in [6.45, 7) is 11.6. The Kier molecular flexibility index (Phi) is 8.10. The third-order valence-electron chi connectivity index (χ3n) is 6.18. The number of nitrogens with one attached hydrogen (secondary N) is 1. The van der Waals surface area contributed by atoms with Crippen molar-refractivity contribution in [3.63, 3.8) is 0 Å². The van der Waals surface area contributed by atoms with Gasteiger partial charge >= 0.3 is 5.97 Å². The zero-order chi connectivity index (χ0) is 24.8. The van der Waals surface area contributed by atoms with Gasteiger partial charge in [0.05, 0.1) is 10.9 Å². The van der Waals surface area contributed by atoms with Crippen molar-refractivity contribution in [2.24, 2.45) is 0 Å². The molecular formula is C28H32N4O2S. The second-order valence-electron chi connectivity index (χ2n) is 8.69. The summed E-state index contributed by atoms with van der Waals surface area (Å²) < 4.78 is 5.44. The quantitative estimate of drug-likeness (QED) is 0.250. The summed E-state index contributed by atoms with van der Waals surface area (Å²) in [5.74, 6) is 0.929. The molecule has 1 N–H and O–H groups in total. The highest BCUT2D eigenvalue weighted by Gasteiger charge is 2.14. The summed E-state index contributed by atoms with van der Waals surface area (Å²) in [6, 6.07) is 16.0. The summed E-state index contributed by atoms with van der Waals surface area (Å²) in [6.07, 6.45) is 1.58. The average Bonchev–Trinajstić information content (AvgIpc) is 3.32. The highest BCUT2D eigenvalue weighted by molar-refractivity contribution is 7.17. The van der Waals surface area contributed by atoms with Crippen molar-refractivity contribution in [1.82, 2.24) is 14.9 Å². The number of aromatic nitrogens is 2. The van der Waals surface area contributed by atoms with Crippen LogP contribution in [-0.4, -0.2) is 47.1 Å². The maximum Gasteiger partial charge on any atom is 0.338 e. The number of thiophene rings is 1. The van der Waals surface area contributed by atoms with Crippen molar-refractivity contribution in [3.8, 4) is 11.1 Å². The first-order valence-electron chi connectivity index (χ1n) is 12.1. The molecule has 0 saturated carbocycles. The van der Waals surface area contributed by atoms with Gasteiger partial charge in [-0.3, -0.25) is 0 Å². The van der Waals surface area contributed by atoms with E-state index in [0.29, 0.717) is 18.1 Å². The maximum atomic E-state index is 12.4. The van der Waals surface area contributed by atoms with Crippen molar-refractivity contribution in [1.29, 1.82) is 0 Å².